The van der Waals surface area contributed by atoms with Crippen molar-refractivity contribution in [2.45, 2.75) is 33.0 Å². The molecular formula is C32H32N2O4. The second kappa shape index (κ2) is 11.8. The number of aromatic nitrogens is 1. The molecule has 2 heterocycles. The highest BCUT2D eigenvalue weighted by Crippen LogP contribution is 2.35. The topological polar surface area (TPSA) is 71.9 Å². The summed E-state index contributed by atoms with van der Waals surface area (Å²) >= 11 is 0. The number of pyridine rings is 1. The molecule has 0 amide bonds. The molecule has 1 aliphatic rings. The van der Waals surface area contributed by atoms with Gasteiger partial charge in [0.2, 0.25) is 11.8 Å². The minimum Gasteiger partial charge on any atom is -0.481 e. The Bertz CT molecular complexity index is 1370. The Hall–Kier alpha value is -4.32. The lowest BCUT2D eigenvalue weighted by molar-refractivity contribution is -0.142. The van der Waals surface area contributed by atoms with Gasteiger partial charge in [-0.25, -0.2) is 0 Å². The molecule has 6 nitrogen and oxygen atoms in total. The molecule has 194 valence electrons. The molecule has 1 N–H and O–H groups in total. The van der Waals surface area contributed by atoms with Gasteiger partial charge in [0.15, 0.2) is 0 Å². The third-order valence-corrected chi connectivity index (χ3v) is 6.98. The van der Waals surface area contributed by atoms with Crippen molar-refractivity contribution >= 4 is 11.7 Å². The van der Waals surface area contributed by atoms with Crippen LogP contribution in [0.4, 0.5) is 5.69 Å². The number of hydrogen-bond acceptors (Lipinski definition) is 5. The lowest BCUT2D eigenvalue weighted by Crippen LogP contribution is -2.36. The van der Waals surface area contributed by atoms with Crippen molar-refractivity contribution in [2.75, 3.05) is 18.0 Å². The molecule has 0 bridgehead atoms. The first kappa shape index (κ1) is 25.3. The SMILES string of the molecule is Cc1cc(-c2ccc(OCc3ccccc3)nc2OCc2ccccc2)ccc1N1CCC(C(=O)O)CC1. The summed E-state index contributed by atoms with van der Waals surface area (Å²) in [6, 6.07) is 30.3. The molecule has 5 rings (SSSR count). The third kappa shape index (κ3) is 6.14. The minimum absolute atomic E-state index is 0.246. The maximum absolute atomic E-state index is 11.3. The van der Waals surface area contributed by atoms with E-state index in [0.29, 0.717) is 37.8 Å². The van der Waals surface area contributed by atoms with Gasteiger partial charge in [0.25, 0.3) is 0 Å². The fraction of sp³-hybridized carbons (Fsp3) is 0.250. The van der Waals surface area contributed by atoms with Crippen LogP contribution >= 0.6 is 0 Å². The van der Waals surface area contributed by atoms with Crippen LogP contribution in [0.25, 0.3) is 11.1 Å². The first-order valence-corrected chi connectivity index (χ1v) is 13.0. The van der Waals surface area contributed by atoms with E-state index in [2.05, 4.69) is 30.0 Å². The Kier molecular flexibility index (Phi) is 7.88. The molecule has 1 aromatic heterocycles. The minimum atomic E-state index is -0.691. The first-order valence-electron chi connectivity index (χ1n) is 13.0. The van der Waals surface area contributed by atoms with Crippen LogP contribution in [0.5, 0.6) is 11.8 Å². The van der Waals surface area contributed by atoms with Crippen molar-refractivity contribution in [3.8, 4) is 22.9 Å². The van der Waals surface area contributed by atoms with E-state index in [1.807, 2.05) is 72.8 Å². The maximum Gasteiger partial charge on any atom is 0.306 e. The summed E-state index contributed by atoms with van der Waals surface area (Å²) in [7, 11) is 0. The van der Waals surface area contributed by atoms with Crippen LogP contribution in [-0.2, 0) is 18.0 Å². The zero-order valence-electron chi connectivity index (χ0n) is 21.5. The van der Waals surface area contributed by atoms with E-state index in [1.54, 1.807) is 0 Å². The molecular weight excluding hydrogens is 476 g/mol. The van der Waals surface area contributed by atoms with Crippen molar-refractivity contribution in [1.29, 1.82) is 0 Å². The Labute approximate surface area is 223 Å². The number of hydrogen-bond donors (Lipinski definition) is 1. The van der Waals surface area contributed by atoms with Crippen LogP contribution in [0.3, 0.4) is 0 Å². The van der Waals surface area contributed by atoms with E-state index >= 15 is 0 Å². The number of benzene rings is 3. The Morgan fingerprint density at radius 3 is 2.11 bits per heavy atom. The van der Waals surface area contributed by atoms with Gasteiger partial charge >= 0.3 is 5.97 Å². The van der Waals surface area contributed by atoms with Crippen LogP contribution in [0, 0.1) is 12.8 Å². The fourth-order valence-corrected chi connectivity index (χ4v) is 4.84. The van der Waals surface area contributed by atoms with E-state index in [-0.39, 0.29) is 5.92 Å². The van der Waals surface area contributed by atoms with E-state index in [0.717, 1.165) is 46.6 Å². The Morgan fingerprint density at radius 2 is 1.50 bits per heavy atom. The van der Waals surface area contributed by atoms with Gasteiger partial charge in [0, 0.05) is 30.4 Å². The lowest BCUT2D eigenvalue weighted by atomic mass is 9.95. The number of carboxylic acid groups (broad SMARTS) is 1. The molecule has 38 heavy (non-hydrogen) atoms. The largest absolute Gasteiger partial charge is 0.481 e. The summed E-state index contributed by atoms with van der Waals surface area (Å²) < 4.78 is 12.2. The molecule has 0 saturated carbocycles. The predicted octanol–water partition coefficient (Wildman–Crippen LogP) is 6.52. The van der Waals surface area contributed by atoms with Gasteiger partial charge in [0.05, 0.1) is 5.92 Å². The molecule has 1 saturated heterocycles. The zero-order valence-corrected chi connectivity index (χ0v) is 21.5. The van der Waals surface area contributed by atoms with Gasteiger partial charge in [-0.2, -0.15) is 4.98 Å². The highest BCUT2D eigenvalue weighted by molar-refractivity contribution is 5.73. The molecule has 0 radical (unpaired) electrons. The van der Waals surface area contributed by atoms with Gasteiger partial charge in [0.1, 0.15) is 13.2 Å². The summed E-state index contributed by atoms with van der Waals surface area (Å²) in [4.78, 5) is 18.4. The van der Waals surface area contributed by atoms with E-state index in [9.17, 15) is 9.90 Å². The number of anilines is 1. The molecule has 3 aromatic carbocycles. The molecule has 0 atom stereocenters. The van der Waals surface area contributed by atoms with Crippen molar-refractivity contribution in [1.82, 2.24) is 4.98 Å². The van der Waals surface area contributed by atoms with Crippen LogP contribution < -0.4 is 14.4 Å². The van der Waals surface area contributed by atoms with E-state index in [1.165, 1.54) is 0 Å². The number of carbonyl (C=O) groups is 1. The lowest BCUT2D eigenvalue weighted by Gasteiger charge is -2.33. The molecule has 0 spiro atoms. The van der Waals surface area contributed by atoms with Crippen molar-refractivity contribution in [3.63, 3.8) is 0 Å². The quantitative estimate of drug-likeness (QED) is 0.278. The molecule has 4 aromatic rings. The molecule has 1 aliphatic heterocycles. The van der Waals surface area contributed by atoms with E-state index < -0.39 is 5.97 Å². The standard InChI is InChI=1S/C32H32N2O4/c1-23-20-27(12-14-29(23)34-18-16-26(17-19-34)32(35)36)28-13-15-30(37-21-24-8-4-2-5-9-24)33-31(28)38-22-25-10-6-3-7-11-25/h2-15,20,26H,16-19,21-22H2,1H3,(H,35,36). The number of nitrogens with zero attached hydrogens (tertiary/aromatic N) is 2. The number of aryl methyl sites for hydroxylation is 1. The number of carboxylic acids is 1. The summed E-state index contributed by atoms with van der Waals surface area (Å²) in [6.45, 7) is 4.42. The van der Waals surface area contributed by atoms with Crippen LogP contribution in [-0.4, -0.2) is 29.1 Å². The van der Waals surface area contributed by atoms with Gasteiger partial charge in [-0.15, -0.1) is 0 Å². The van der Waals surface area contributed by atoms with Crippen molar-refractivity contribution in [2.24, 2.45) is 5.92 Å². The monoisotopic (exact) mass is 508 g/mol. The maximum atomic E-state index is 11.3. The van der Waals surface area contributed by atoms with Gasteiger partial charge in [-0.1, -0.05) is 66.7 Å². The normalized spacial score (nSPS) is 13.8. The molecule has 0 aliphatic carbocycles. The average Bonchev–Trinajstić information content (AvgIpc) is 2.96. The highest BCUT2D eigenvalue weighted by Gasteiger charge is 2.25. The van der Waals surface area contributed by atoms with Gasteiger partial charge in [-0.3, -0.25) is 4.79 Å². The van der Waals surface area contributed by atoms with Crippen LogP contribution in [0.15, 0.2) is 91.0 Å². The van der Waals surface area contributed by atoms with Crippen molar-refractivity contribution < 1.29 is 19.4 Å². The number of aliphatic carboxylic acids is 1. The Balaban J connectivity index is 1.38. The molecule has 0 unspecified atom stereocenters. The smallest absolute Gasteiger partial charge is 0.306 e. The van der Waals surface area contributed by atoms with Gasteiger partial charge in [-0.05, 0) is 60.2 Å². The van der Waals surface area contributed by atoms with Gasteiger partial charge < -0.3 is 19.5 Å². The van der Waals surface area contributed by atoms with Crippen LogP contribution in [0.2, 0.25) is 0 Å². The summed E-state index contributed by atoms with van der Waals surface area (Å²) in [6.07, 6.45) is 1.34. The third-order valence-electron chi connectivity index (χ3n) is 6.98. The molecule has 1 fully saturated rings. The second-order valence-electron chi connectivity index (χ2n) is 9.65. The Morgan fingerprint density at radius 1 is 0.868 bits per heavy atom. The summed E-state index contributed by atoms with van der Waals surface area (Å²) in [5.41, 5.74) is 6.31. The second-order valence-corrected chi connectivity index (χ2v) is 9.65. The van der Waals surface area contributed by atoms with Crippen LogP contribution in [0.1, 0.15) is 29.5 Å². The zero-order chi connectivity index (χ0) is 26.3. The molecule has 6 heteroatoms. The average molecular weight is 509 g/mol. The fourth-order valence-electron chi connectivity index (χ4n) is 4.84. The number of piperidine rings is 1. The number of rotatable bonds is 9. The first-order chi connectivity index (χ1) is 18.6. The summed E-state index contributed by atoms with van der Waals surface area (Å²) in [5.74, 6) is 0.0939. The predicted molar refractivity (Wildman–Crippen MR) is 149 cm³/mol. The number of ether oxygens (including phenoxy) is 2. The highest BCUT2D eigenvalue weighted by atomic mass is 16.5. The van der Waals surface area contributed by atoms with E-state index in [4.69, 9.17) is 14.5 Å². The summed E-state index contributed by atoms with van der Waals surface area (Å²) in [5, 5.41) is 9.32. The van der Waals surface area contributed by atoms with Crippen molar-refractivity contribution in [3.05, 3.63) is 108 Å².